The van der Waals surface area contributed by atoms with Gasteiger partial charge in [-0.3, -0.25) is 0 Å². The average molecular weight is 471 g/mol. The van der Waals surface area contributed by atoms with Gasteiger partial charge in [0, 0.05) is 32.0 Å². The lowest BCUT2D eigenvalue weighted by atomic mass is 10.1. The molecule has 0 unspecified atom stereocenters. The normalized spacial score (nSPS) is 11.4. The average Bonchev–Trinajstić information content (AvgIpc) is 2.87. The molecule has 178 valence electrons. The van der Waals surface area contributed by atoms with Crippen LogP contribution in [0.1, 0.15) is 18.5 Å². The van der Waals surface area contributed by atoms with E-state index in [1.165, 1.54) is 17.0 Å². The third-order valence-corrected chi connectivity index (χ3v) is 5.46. The van der Waals surface area contributed by atoms with E-state index in [9.17, 15) is 9.18 Å². The number of rotatable bonds is 7. The van der Waals surface area contributed by atoms with Gasteiger partial charge in [-0.05, 0) is 48.9 Å². The van der Waals surface area contributed by atoms with Crippen LogP contribution in [-0.4, -0.2) is 30.1 Å². The fourth-order valence-corrected chi connectivity index (χ4v) is 3.55. The summed E-state index contributed by atoms with van der Waals surface area (Å²) in [4.78, 5) is 25.7. The van der Waals surface area contributed by atoms with E-state index in [-0.39, 0.29) is 11.7 Å². The van der Waals surface area contributed by atoms with Crippen molar-refractivity contribution < 1.29 is 9.18 Å². The lowest BCUT2D eigenvalue weighted by Crippen LogP contribution is -2.32. The third kappa shape index (κ3) is 5.73. The number of para-hydroxylation sites is 1. The number of benzene rings is 3. The number of amides is 2. The number of hydrogen-bond acceptors (Lipinski definition) is 5. The van der Waals surface area contributed by atoms with Crippen LogP contribution in [-0.2, 0) is 0 Å². The quantitative estimate of drug-likeness (QED) is 0.335. The molecule has 0 aliphatic carbocycles. The second kappa shape index (κ2) is 10.6. The molecular formula is C27H27FN6O. The predicted molar refractivity (Wildman–Crippen MR) is 139 cm³/mol. The van der Waals surface area contributed by atoms with Gasteiger partial charge in [0.1, 0.15) is 11.6 Å². The van der Waals surface area contributed by atoms with Gasteiger partial charge in [-0.25, -0.2) is 19.1 Å². The van der Waals surface area contributed by atoms with E-state index in [0.717, 1.165) is 11.3 Å². The summed E-state index contributed by atoms with van der Waals surface area (Å²) in [5, 5.41) is 5.93. The third-order valence-electron chi connectivity index (χ3n) is 5.46. The van der Waals surface area contributed by atoms with E-state index in [1.807, 2.05) is 80.5 Å². The summed E-state index contributed by atoms with van der Waals surface area (Å²) >= 11 is 0. The molecule has 1 aromatic heterocycles. The van der Waals surface area contributed by atoms with Crippen molar-refractivity contribution >= 4 is 34.9 Å². The molecule has 4 rings (SSSR count). The van der Waals surface area contributed by atoms with Crippen LogP contribution in [0.4, 0.5) is 38.0 Å². The van der Waals surface area contributed by atoms with Crippen molar-refractivity contribution in [2.24, 2.45) is 0 Å². The molecule has 0 radical (unpaired) electrons. The molecule has 0 aliphatic rings. The number of carbonyl (C=O) groups excluding carboxylic acids is 1. The first-order valence-corrected chi connectivity index (χ1v) is 11.2. The number of hydrogen-bond donors (Lipinski definition) is 2. The first kappa shape index (κ1) is 23.7. The van der Waals surface area contributed by atoms with Crippen LogP contribution in [0.2, 0.25) is 0 Å². The van der Waals surface area contributed by atoms with E-state index in [4.69, 9.17) is 0 Å². The molecule has 0 bridgehead atoms. The van der Waals surface area contributed by atoms with Gasteiger partial charge in [0.15, 0.2) is 0 Å². The predicted octanol–water partition coefficient (Wildman–Crippen LogP) is 6.23. The van der Waals surface area contributed by atoms with Crippen molar-refractivity contribution in [1.82, 2.24) is 9.97 Å². The molecular weight excluding hydrogens is 443 g/mol. The van der Waals surface area contributed by atoms with E-state index in [2.05, 4.69) is 20.6 Å². The molecule has 0 spiro atoms. The highest BCUT2D eigenvalue weighted by atomic mass is 19.1. The summed E-state index contributed by atoms with van der Waals surface area (Å²) in [7, 11) is 3.88. The number of halogens is 1. The Morgan fingerprint density at radius 2 is 1.54 bits per heavy atom. The van der Waals surface area contributed by atoms with Crippen LogP contribution >= 0.6 is 0 Å². The van der Waals surface area contributed by atoms with Crippen LogP contribution in [0.25, 0.3) is 0 Å². The Morgan fingerprint density at radius 3 is 2.23 bits per heavy atom. The SMILES string of the molecule is C[C@H](Nc1nccc(N(C(=O)Nc2ccccc2F)c2ccc(N(C)C)cc2)n1)c1ccccc1. The van der Waals surface area contributed by atoms with Crippen molar-refractivity contribution in [2.45, 2.75) is 13.0 Å². The standard InChI is InChI=1S/C27H27FN6O/c1-19(20-9-5-4-6-10-20)30-26-29-18-17-25(32-26)34(22-15-13-21(14-16-22)33(2)3)27(35)31-24-12-8-7-11-23(24)28/h4-19H,1-3H3,(H,31,35)(H,29,30,32)/t19-/m0/s1. The zero-order valence-corrected chi connectivity index (χ0v) is 19.8. The number of nitrogens with one attached hydrogen (secondary N) is 2. The van der Waals surface area contributed by atoms with E-state index < -0.39 is 11.8 Å². The van der Waals surface area contributed by atoms with Crippen molar-refractivity contribution in [2.75, 3.05) is 34.5 Å². The molecule has 1 heterocycles. The summed E-state index contributed by atoms with van der Waals surface area (Å²) in [5.41, 5.74) is 2.71. The molecule has 2 N–H and O–H groups in total. The van der Waals surface area contributed by atoms with Crippen molar-refractivity contribution in [1.29, 1.82) is 0 Å². The Kier molecular flexibility index (Phi) is 7.21. The molecule has 4 aromatic rings. The van der Waals surface area contributed by atoms with Crippen LogP contribution < -0.4 is 20.4 Å². The summed E-state index contributed by atoms with van der Waals surface area (Å²) in [6.45, 7) is 2.01. The van der Waals surface area contributed by atoms with Crippen molar-refractivity contribution in [3.8, 4) is 0 Å². The van der Waals surface area contributed by atoms with Gasteiger partial charge in [0.2, 0.25) is 5.95 Å². The van der Waals surface area contributed by atoms with Crippen molar-refractivity contribution in [3.05, 3.63) is 103 Å². The van der Waals surface area contributed by atoms with Gasteiger partial charge in [0.25, 0.3) is 0 Å². The Balaban J connectivity index is 1.67. The second-order valence-corrected chi connectivity index (χ2v) is 8.17. The maximum atomic E-state index is 14.3. The zero-order chi connectivity index (χ0) is 24.8. The minimum atomic E-state index is -0.548. The summed E-state index contributed by atoms with van der Waals surface area (Å²) in [6, 6.07) is 24.4. The first-order valence-electron chi connectivity index (χ1n) is 11.2. The molecule has 0 saturated carbocycles. The lowest BCUT2D eigenvalue weighted by Gasteiger charge is -2.24. The van der Waals surface area contributed by atoms with Gasteiger partial charge in [-0.15, -0.1) is 0 Å². The highest BCUT2D eigenvalue weighted by Crippen LogP contribution is 2.28. The van der Waals surface area contributed by atoms with Crippen LogP contribution in [0.5, 0.6) is 0 Å². The molecule has 1 atom stereocenters. The van der Waals surface area contributed by atoms with Gasteiger partial charge in [-0.2, -0.15) is 4.98 Å². The Bertz CT molecular complexity index is 1280. The fourth-order valence-electron chi connectivity index (χ4n) is 3.55. The highest BCUT2D eigenvalue weighted by Gasteiger charge is 2.22. The zero-order valence-electron chi connectivity index (χ0n) is 19.8. The molecule has 35 heavy (non-hydrogen) atoms. The second-order valence-electron chi connectivity index (χ2n) is 8.17. The summed E-state index contributed by atoms with van der Waals surface area (Å²) < 4.78 is 14.3. The smallest absolute Gasteiger partial charge is 0.332 e. The minimum Gasteiger partial charge on any atom is -0.378 e. The number of aromatic nitrogens is 2. The molecule has 7 nitrogen and oxygen atoms in total. The number of carbonyl (C=O) groups is 1. The Hall–Kier alpha value is -4.46. The minimum absolute atomic E-state index is 0.0495. The summed E-state index contributed by atoms with van der Waals surface area (Å²) in [6.07, 6.45) is 1.58. The van der Waals surface area contributed by atoms with Crippen LogP contribution in [0.3, 0.4) is 0 Å². The Morgan fingerprint density at radius 1 is 0.886 bits per heavy atom. The molecule has 0 fully saturated rings. The molecule has 2 amide bonds. The van der Waals surface area contributed by atoms with Gasteiger partial charge in [0.05, 0.1) is 17.4 Å². The molecule has 0 aliphatic heterocycles. The number of anilines is 5. The summed E-state index contributed by atoms with van der Waals surface area (Å²) in [5.74, 6) is 0.187. The molecule has 0 saturated heterocycles. The maximum Gasteiger partial charge on any atom is 0.332 e. The van der Waals surface area contributed by atoms with Gasteiger partial charge >= 0.3 is 6.03 Å². The van der Waals surface area contributed by atoms with E-state index >= 15 is 0 Å². The monoisotopic (exact) mass is 470 g/mol. The number of urea groups is 1. The highest BCUT2D eigenvalue weighted by molar-refractivity contribution is 6.06. The van der Waals surface area contributed by atoms with Crippen LogP contribution in [0.15, 0.2) is 91.1 Å². The lowest BCUT2D eigenvalue weighted by molar-refractivity contribution is 0.258. The maximum absolute atomic E-state index is 14.3. The van der Waals surface area contributed by atoms with E-state index in [0.29, 0.717) is 17.5 Å². The first-order chi connectivity index (χ1) is 16.9. The number of nitrogens with zero attached hydrogens (tertiary/aromatic N) is 4. The molecule has 3 aromatic carbocycles. The van der Waals surface area contributed by atoms with E-state index in [1.54, 1.807) is 24.4 Å². The van der Waals surface area contributed by atoms with Gasteiger partial charge in [-0.1, -0.05) is 42.5 Å². The van der Waals surface area contributed by atoms with Crippen molar-refractivity contribution in [3.63, 3.8) is 0 Å². The Labute approximate surface area is 204 Å². The largest absolute Gasteiger partial charge is 0.378 e. The van der Waals surface area contributed by atoms with Crippen LogP contribution in [0, 0.1) is 5.82 Å². The topological polar surface area (TPSA) is 73.4 Å². The van der Waals surface area contributed by atoms with Gasteiger partial charge < -0.3 is 15.5 Å². The fraction of sp³-hybridized carbons (Fsp3) is 0.148. The molecule has 8 heteroatoms.